The van der Waals surface area contributed by atoms with E-state index < -0.39 is 0 Å². The number of nitrogens with two attached hydrogens (primary N) is 1. The number of carbonyl (C=O) groups excluding carboxylic acids is 1. The number of hydrogen-bond acceptors (Lipinski definition) is 6. The molecule has 3 rings (SSSR count). The Kier molecular flexibility index (Phi) is 4.95. The Balaban J connectivity index is 1.72. The van der Waals surface area contributed by atoms with Crippen LogP contribution in [0.15, 0.2) is 0 Å². The minimum absolute atomic E-state index is 0.0503. The SMILES string of the molecule is CCCCOc1nc(N)c2c(n1)C(CC[C@H]1CCOC1)C(=O)N2. The van der Waals surface area contributed by atoms with Gasteiger partial charge in [-0.3, -0.25) is 4.79 Å². The van der Waals surface area contributed by atoms with Gasteiger partial charge < -0.3 is 20.5 Å². The third kappa shape index (κ3) is 3.55. The van der Waals surface area contributed by atoms with E-state index in [0.717, 1.165) is 45.3 Å². The summed E-state index contributed by atoms with van der Waals surface area (Å²) in [7, 11) is 0. The number of aromatic nitrogens is 2. The summed E-state index contributed by atoms with van der Waals surface area (Å²) in [5.41, 5.74) is 7.17. The monoisotopic (exact) mass is 320 g/mol. The molecular weight excluding hydrogens is 296 g/mol. The van der Waals surface area contributed by atoms with Gasteiger partial charge in [0.1, 0.15) is 5.69 Å². The summed E-state index contributed by atoms with van der Waals surface area (Å²) in [6.07, 6.45) is 4.73. The van der Waals surface area contributed by atoms with Crippen molar-refractivity contribution < 1.29 is 14.3 Å². The van der Waals surface area contributed by atoms with Gasteiger partial charge in [0.2, 0.25) is 5.91 Å². The Morgan fingerprint density at radius 1 is 1.39 bits per heavy atom. The minimum Gasteiger partial charge on any atom is -0.463 e. The fourth-order valence-electron chi connectivity index (χ4n) is 3.04. The number of nitrogens with zero attached hydrogens (tertiary/aromatic N) is 2. The molecule has 1 fully saturated rings. The van der Waals surface area contributed by atoms with Crippen LogP contribution in [0.2, 0.25) is 0 Å². The molecule has 2 aliphatic rings. The first kappa shape index (κ1) is 16.0. The van der Waals surface area contributed by atoms with Crippen molar-refractivity contribution in [1.82, 2.24) is 9.97 Å². The molecule has 2 atom stereocenters. The number of anilines is 2. The quantitative estimate of drug-likeness (QED) is 0.746. The molecule has 2 aliphatic heterocycles. The highest BCUT2D eigenvalue weighted by Gasteiger charge is 2.35. The maximum Gasteiger partial charge on any atom is 0.318 e. The number of rotatable bonds is 7. The van der Waals surface area contributed by atoms with Crippen LogP contribution in [0.5, 0.6) is 6.01 Å². The van der Waals surface area contributed by atoms with Gasteiger partial charge in [-0.2, -0.15) is 9.97 Å². The molecule has 7 nitrogen and oxygen atoms in total. The van der Waals surface area contributed by atoms with Gasteiger partial charge in [-0.1, -0.05) is 13.3 Å². The zero-order valence-corrected chi connectivity index (χ0v) is 13.5. The van der Waals surface area contributed by atoms with Crippen molar-refractivity contribution in [1.29, 1.82) is 0 Å². The second-order valence-corrected chi connectivity index (χ2v) is 6.20. The number of carbonyl (C=O) groups is 1. The van der Waals surface area contributed by atoms with Gasteiger partial charge >= 0.3 is 6.01 Å². The molecule has 1 aromatic rings. The minimum atomic E-state index is -0.274. The molecule has 0 spiro atoms. The molecule has 7 heteroatoms. The van der Waals surface area contributed by atoms with Crippen molar-refractivity contribution >= 4 is 17.4 Å². The van der Waals surface area contributed by atoms with Gasteiger partial charge in [-0.15, -0.1) is 0 Å². The highest BCUT2D eigenvalue weighted by Crippen LogP contribution is 2.39. The van der Waals surface area contributed by atoms with Crippen molar-refractivity contribution in [2.75, 3.05) is 30.9 Å². The van der Waals surface area contributed by atoms with Crippen LogP contribution in [-0.2, 0) is 9.53 Å². The Labute approximate surface area is 136 Å². The second kappa shape index (κ2) is 7.12. The molecule has 1 unspecified atom stereocenters. The number of amides is 1. The molecule has 3 heterocycles. The lowest BCUT2D eigenvalue weighted by atomic mass is 9.93. The van der Waals surface area contributed by atoms with E-state index >= 15 is 0 Å². The van der Waals surface area contributed by atoms with Crippen LogP contribution >= 0.6 is 0 Å². The number of unbranched alkanes of at least 4 members (excludes halogenated alkanes) is 1. The summed E-state index contributed by atoms with van der Waals surface area (Å²) in [4.78, 5) is 20.8. The van der Waals surface area contributed by atoms with Gasteiger partial charge in [0.15, 0.2) is 5.82 Å². The van der Waals surface area contributed by atoms with E-state index in [1.807, 2.05) is 0 Å². The van der Waals surface area contributed by atoms with Gasteiger partial charge in [0.25, 0.3) is 0 Å². The van der Waals surface area contributed by atoms with Crippen LogP contribution < -0.4 is 15.8 Å². The number of nitrogens with one attached hydrogen (secondary N) is 1. The molecule has 0 bridgehead atoms. The molecule has 3 N–H and O–H groups in total. The molecule has 0 aliphatic carbocycles. The van der Waals surface area contributed by atoms with Gasteiger partial charge in [-0.05, 0) is 31.6 Å². The zero-order valence-electron chi connectivity index (χ0n) is 13.5. The third-order valence-electron chi connectivity index (χ3n) is 4.46. The molecule has 1 amide bonds. The summed E-state index contributed by atoms with van der Waals surface area (Å²) < 4.78 is 10.9. The summed E-state index contributed by atoms with van der Waals surface area (Å²) in [5.74, 6) is 0.489. The number of ether oxygens (including phenoxy) is 2. The molecule has 23 heavy (non-hydrogen) atoms. The Bertz CT molecular complexity index is 573. The van der Waals surface area contributed by atoms with E-state index in [0.29, 0.717) is 23.9 Å². The van der Waals surface area contributed by atoms with Gasteiger partial charge in [0.05, 0.1) is 18.2 Å². The second-order valence-electron chi connectivity index (χ2n) is 6.20. The molecular formula is C16H24N4O3. The molecule has 1 aromatic heterocycles. The number of hydrogen-bond donors (Lipinski definition) is 2. The van der Waals surface area contributed by atoms with Crippen molar-refractivity contribution in [3.05, 3.63) is 5.69 Å². The van der Waals surface area contributed by atoms with Crippen molar-refractivity contribution in [3.8, 4) is 6.01 Å². The van der Waals surface area contributed by atoms with Crippen LogP contribution in [0.3, 0.4) is 0 Å². The predicted molar refractivity (Wildman–Crippen MR) is 86.4 cm³/mol. The molecule has 0 saturated carbocycles. The molecule has 126 valence electrons. The lowest BCUT2D eigenvalue weighted by molar-refractivity contribution is -0.117. The predicted octanol–water partition coefficient (Wildman–Crippen LogP) is 2.09. The Morgan fingerprint density at radius 2 is 2.26 bits per heavy atom. The summed E-state index contributed by atoms with van der Waals surface area (Å²) in [5, 5.41) is 2.81. The largest absolute Gasteiger partial charge is 0.463 e. The van der Waals surface area contributed by atoms with Crippen molar-refractivity contribution in [2.24, 2.45) is 5.92 Å². The zero-order chi connectivity index (χ0) is 16.2. The highest BCUT2D eigenvalue weighted by molar-refractivity contribution is 6.04. The Morgan fingerprint density at radius 3 is 3.00 bits per heavy atom. The topological polar surface area (TPSA) is 99.4 Å². The van der Waals surface area contributed by atoms with Gasteiger partial charge in [-0.25, -0.2) is 0 Å². The highest BCUT2D eigenvalue weighted by atomic mass is 16.5. The lowest BCUT2D eigenvalue weighted by Crippen LogP contribution is -2.14. The van der Waals surface area contributed by atoms with Crippen molar-refractivity contribution in [2.45, 2.75) is 44.9 Å². The maximum atomic E-state index is 12.3. The fourth-order valence-corrected chi connectivity index (χ4v) is 3.04. The van der Waals surface area contributed by atoms with Crippen LogP contribution in [-0.4, -0.2) is 35.7 Å². The lowest BCUT2D eigenvalue weighted by Gasteiger charge is -2.12. The smallest absolute Gasteiger partial charge is 0.318 e. The van der Waals surface area contributed by atoms with Crippen molar-refractivity contribution in [3.63, 3.8) is 0 Å². The van der Waals surface area contributed by atoms with E-state index in [2.05, 4.69) is 22.2 Å². The average molecular weight is 320 g/mol. The third-order valence-corrected chi connectivity index (χ3v) is 4.46. The van der Waals surface area contributed by atoms with Crippen LogP contribution in [0.25, 0.3) is 0 Å². The summed E-state index contributed by atoms with van der Waals surface area (Å²) in [6.45, 7) is 4.26. The van der Waals surface area contributed by atoms with Crippen LogP contribution in [0.4, 0.5) is 11.5 Å². The first-order valence-electron chi connectivity index (χ1n) is 8.37. The molecule has 0 aromatic carbocycles. The van der Waals surface area contributed by atoms with E-state index in [1.54, 1.807) is 0 Å². The normalized spacial score (nSPS) is 22.9. The summed E-state index contributed by atoms with van der Waals surface area (Å²) >= 11 is 0. The van der Waals surface area contributed by atoms with E-state index in [1.165, 1.54) is 0 Å². The average Bonchev–Trinajstić information content (AvgIpc) is 3.14. The molecule has 0 radical (unpaired) electrons. The fraction of sp³-hybridized carbons (Fsp3) is 0.688. The first-order valence-corrected chi connectivity index (χ1v) is 8.37. The number of nitrogen functional groups attached to an aromatic ring is 1. The Hall–Kier alpha value is -1.89. The van der Waals surface area contributed by atoms with Crippen LogP contribution in [0.1, 0.15) is 50.6 Å². The first-order chi connectivity index (χ1) is 11.2. The molecule has 1 saturated heterocycles. The van der Waals surface area contributed by atoms with E-state index in [-0.39, 0.29) is 23.7 Å². The van der Waals surface area contributed by atoms with E-state index in [9.17, 15) is 4.79 Å². The number of fused-ring (bicyclic) bond motifs is 1. The van der Waals surface area contributed by atoms with Gasteiger partial charge in [0, 0.05) is 13.2 Å². The van der Waals surface area contributed by atoms with Crippen LogP contribution in [0, 0.1) is 5.92 Å². The van der Waals surface area contributed by atoms with E-state index in [4.69, 9.17) is 15.2 Å². The standard InChI is InChI=1S/C16H24N4O3/c1-2-3-7-23-16-19-12-11(5-4-10-6-8-22-9-10)15(21)18-13(12)14(17)20-16/h10-11H,2-9H2,1H3,(H,18,21)(H2,17,19,20)/t10-,11?/m0/s1. The summed E-state index contributed by atoms with van der Waals surface area (Å²) in [6, 6.07) is 0.264. The maximum absolute atomic E-state index is 12.3.